The molecule has 0 atom stereocenters. The monoisotopic (exact) mass is 390 g/mol. The largest absolute Gasteiger partial charge is 0.351 e. The number of nitrogens with one attached hydrogen (secondary N) is 2. The number of carbonyl (C=O) groups excluding carboxylic acids is 1. The fraction of sp³-hybridized carbons (Fsp3) is 0.273. The van der Waals surface area contributed by atoms with Gasteiger partial charge in [-0.3, -0.25) is 9.89 Å². The number of carbonyl (C=O) groups is 1. The average Bonchev–Trinajstić information content (AvgIpc) is 3.46. The fourth-order valence-electron chi connectivity index (χ4n) is 3.61. The molecule has 0 bridgehead atoms. The molecule has 2 aliphatic rings. The summed E-state index contributed by atoms with van der Waals surface area (Å²) in [6.45, 7) is 1.47. The summed E-state index contributed by atoms with van der Waals surface area (Å²) in [6.07, 6.45) is 3.25. The Morgan fingerprint density at radius 3 is 2.46 bits per heavy atom. The van der Waals surface area contributed by atoms with Gasteiger partial charge in [-0.05, 0) is 49.6 Å². The number of fused-ring (bicyclic) bond motifs is 2. The zero-order valence-corrected chi connectivity index (χ0v) is 16.3. The number of anilines is 2. The van der Waals surface area contributed by atoms with E-state index >= 15 is 0 Å². The van der Waals surface area contributed by atoms with Crippen molar-refractivity contribution in [3.63, 3.8) is 0 Å². The SMILES string of the molecule is O=C(NCCCN1c2ccccc2Sc2ccccc21)c1cc(C2CC2)[nH]n1. The summed E-state index contributed by atoms with van der Waals surface area (Å²) < 4.78 is 0. The standard InChI is InChI=1S/C22H22N4OS/c27-22(17-14-16(24-25-17)15-10-11-15)23-12-5-13-26-18-6-1-3-8-20(18)28-21-9-4-2-7-19(21)26/h1-4,6-9,14-15H,5,10-13H2,(H,23,27)(H,24,25). The third-order valence-corrected chi connectivity index (χ3v) is 6.35. The van der Waals surface area contributed by atoms with E-state index in [2.05, 4.69) is 68.9 Å². The van der Waals surface area contributed by atoms with Crippen LogP contribution in [0.1, 0.15) is 41.4 Å². The van der Waals surface area contributed by atoms with Gasteiger partial charge in [0.1, 0.15) is 5.69 Å². The van der Waals surface area contributed by atoms with Gasteiger partial charge in [0.25, 0.3) is 5.91 Å². The zero-order chi connectivity index (χ0) is 18.9. The minimum Gasteiger partial charge on any atom is -0.351 e. The van der Waals surface area contributed by atoms with E-state index in [0.29, 0.717) is 18.2 Å². The molecule has 1 aliphatic heterocycles. The minimum atomic E-state index is -0.0989. The predicted molar refractivity (Wildman–Crippen MR) is 112 cm³/mol. The number of H-pyrrole nitrogens is 1. The lowest BCUT2D eigenvalue weighted by atomic mass is 10.2. The summed E-state index contributed by atoms with van der Waals surface area (Å²) in [4.78, 5) is 17.2. The molecule has 142 valence electrons. The molecule has 1 saturated carbocycles. The van der Waals surface area contributed by atoms with Gasteiger partial charge in [0.05, 0.1) is 11.4 Å². The highest BCUT2D eigenvalue weighted by Crippen LogP contribution is 2.47. The van der Waals surface area contributed by atoms with Crippen LogP contribution in [-0.2, 0) is 0 Å². The van der Waals surface area contributed by atoms with Crippen LogP contribution in [0.2, 0.25) is 0 Å². The van der Waals surface area contributed by atoms with Crippen molar-refractivity contribution in [2.24, 2.45) is 0 Å². The lowest BCUT2D eigenvalue weighted by molar-refractivity contribution is 0.0948. The molecule has 1 fully saturated rings. The summed E-state index contributed by atoms with van der Waals surface area (Å²) in [6, 6.07) is 18.9. The lowest BCUT2D eigenvalue weighted by Crippen LogP contribution is -2.29. The third-order valence-electron chi connectivity index (χ3n) is 5.22. The molecule has 2 heterocycles. The van der Waals surface area contributed by atoms with Crippen molar-refractivity contribution in [2.45, 2.75) is 35.0 Å². The molecule has 1 amide bonds. The maximum Gasteiger partial charge on any atom is 0.271 e. The zero-order valence-electron chi connectivity index (χ0n) is 15.5. The molecule has 28 heavy (non-hydrogen) atoms. The Labute approximate surface area is 168 Å². The van der Waals surface area contributed by atoms with E-state index < -0.39 is 0 Å². The van der Waals surface area contributed by atoms with E-state index in [1.807, 2.05) is 17.8 Å². The van der Waals surface area contributed by atoms with Gasteiger partial charge in [-0.15, -0.1) is 0 Å². The third kappa shape index (κ3) is 3.40. The van der Waals surface area contributed by atoms with Crippen molar-refractivity contribution in [1.29, 1.82) is 0 Å². The molecule has 2 N–H and O–H groups in total. The Morgan fingerprint density at radius 2 is 1.79 bits per heavy atom. The molecule has 1 aliphatic carbocycles. The van der Waals surface area contributed by atoms with Crippen molar-refractivity contribution < 1.29 is 4.79 Å². The van der Waals surface area contributed by atoms with Gasteiger partial charge in [0.15, 0.2) is 0 Å². The Bertz CT molecular complexity index is 966. The van der Waals surface area contributed by atoms with E-state index in [9.17, 15) is 4.79 Å². The molecule has 1 aromatic heterocycles. The first-order valence-electron chi connectivity index (χ1n) is 9.76. The molecule has 0 spiro atoms. The molecule has 5 nitrogen and oxygen atoms in total. The van der Waals surface area contributed by atoms with Crippen LogP contribution >= 0.6 is 11.8 Å². The average molecular weight is 391 g/mol. The van der Waals surface area contributed by atoms with Gasteiger partial charge in [-0.1, -0.05) is 36.0 Å². The number of hydrogen-bond donors (Lipinski definition) is 2. The first-order chi connectivity index (χ1) is 13.8. The van der Waals surface area contributed by atoms with Gasteiger partial charge in [-0.25, -0.2) is 0 Å². The summed E-state index contributed by atoms with van der Waals surface area (Å²) in [5.41, 5.74) is 4.05. The normalized spacial score (nSPS) is 15.1. The van der Waals surface area contributed by atoms with Crippen molar-refractivity contribution in [3.05, 3.63) is 66.0 Å². The maximum absolute atomic E-state index is 12.3. The quantitative estimate of drug-likeness (QED) is 0.599. The number of para-hydroxylation sites is 2. The van der Waals surface area contributed by atoms with E-state index in [4.69, 9.17) is 0 Å². The van der Waals surface area contributed by atoms with Crippen molar-refractivity contribution in [2.75, 3.05) is 18.0 Å². The topological polar surface area (TPSA) is 61.0 Å². The van der Waals surface area contributed by atoms with E-state index in [0.717, 1.165) is 18.7 Å². The van der Waals surface area contributed by atoms with Gasteiger partial charge in [-0.2, -0.15) is 5.10 Å². The van der Waals surface area contributed by atoms with Crippen LogP contribution in [0.3, 0.4) is 0 Å². The van der Waals surface area contributed by atoms with Gasteiger partial charge in [0.2, 0.25) is 0 Å². The highest BCUT2D eigenvalue weighted by Gasteiger charge is 2.26. The number of nitrogens with zero attached hydrogens (tertiary/aromatic N) is 2. The number of hydrogen-bond acceptors (Lipinski definition) is 4. The summed E-state index contributed by atoms with van der Waals surface area (Å²) in [7, 11) is 0. The summed E-state index contributed by atoms with van der Waals surface area (Å²) >= 11 is 1.81. The molecular formula is C22H22N4OS. The van der Waals surface area contributed by atoms with Crippen LogP contribution < -0.4 is 10.2 Å². The Kier molecular flexibility index (Phi) is 4.56. The van der Waals surface area contributed by atoms with Crippen LogP contribution in [0.5, 0.6) is 0 Å². The molecule has 2 aromatic carbocycles. The van der Waals surface area contributed by atoms with Crippen LogP contribution in [0.15, 0.2) is 64.4 Å². The highest BCUT2D eigenvalue weighted by molar-refractivity contribution is 7.99. The van der Waals surface area contributed by atoms with E-state index in [1.165, 1.54) is 34.0 Å². The second-order valence-corrected chi connectivity index (χ2v) is 8.37. The molecule has 0 saturated heterocycles. The van der Waals surface area contributed by atoms with E-state index in [-0.39, 0.29) is 5.91 Å². The Morgan fingerprint density at radius 1 is 1.11 bits per heavy atom. The number of amides is 1. The first kappa shape index (κ1) is 17.4. The number of aromatic amines is 1. The smallest absolute Gasteiger partial charge is 0.271 e. The predicted octanol–water partition coefficient (Wildman–Crippen LogP) is 4.71. The second kappa shape index (κ2) is 7.36. The summed E-state index contributed by atoms with van der Waals surface area (Å²) in [5.74, 6) is 0.476. The molecular weight excluding hydrogens is 368 g/mol. The first-order valence-corrected chi connectivity index (χ1v) is 10.6. The molecule has 0 unspecified atom stereocenters. The number of rotatable bonds is 6. The summed E-state index contributed by atoms with van der Waals surface area (Å²) in [5, 5.41) is 10.2. The molecule has 0 radical (unpaired) electrons. The van der Waals surface area contributed by atoms with Gasteiger partial charge in [0, 0.05) is 34.5 Å². The Hall–Kier alpha value is -2.73. The van der Waals surface area contributed by atoms with Gasteiger partial charge >= 0.3 is 0 Å². The van der Waals surface area contributed by atoms with Crippen molar-refractivity contribution in [3.8, 4) is 0 Å². The van der Waals surface area contributed by atoms with Crippen LogP contribution in [0.4, 0.5) is 11.4 Å². The second-order valence-electron chi connectivity index (χ2n) is 7.28. The van der Waals surface area contributed by atoms with Crippen LogP contribution in [0, 0.1) is 0 Å². The minimum absolute atomic E-state index is 0.0989. The number of aromatic nitrogens is 2. The van der Waals surface area contributed by atoms with Crippen molar-refractivity contribution in [1.82, 2.24) is 15.5 Å². The molecule has 5 rings (SSSR count). The lowest BCUT2D eigenvalue weighted by Gasteiger charge is -2.32. The van der Waals surface area contributed by atoms with E-state index in [1.54, 1.807) is 0 Å². The van der Waals surface area contributed by atoms with Crippen molar-refractivity contribution >= 4 is 29.0 Å². The fourth-order valence-corrected chi connectivity index (χ4v) is 4.70. The Balaban J connectivity index is 1.22. The molecule has 3 aromatic rings. The highest BCUT2D eigenvalue weighted by atomic mass is 32.2. The van der Waals surface area contributed by atoms with Crippen LogP contribution in [0.25, 0.3) is 0 Å². The molecule has 6 heteroatoms. The van der Waals surface area contributed by atoms with Crippen LogP contribution in [-0.4, -0.2) is 29.2 Å². The number of benzene rings is 2. The van der Waals surface area contributed by atoms with Gasteiger partial charge < -0.3 is 10.2 Å². The maximum atomic E-state index is 12.3.